The maximum Gasteiger partial charge on any atom is 0.339 e. The lowest BCUT2D eigenvalue weighted by molar-refractivity contribution is 0.0602. The van der Waals surface area contributed by atoms with Crippen molar-refractivity contribution in [2.45, 2.75) is 13.8 Å². The molecule has 0 radical (unpaired) electrons. The number of carbonyl (C=O) groups is 2. The van der Waals surface area contributed by atoms with Crippen LogP contribution in [-0.4, -0.2) is 24.0 Å². The number of hydrogen-bond acceptors (Lipinski definition) is 4. The van der Waals surface area contributed by atoms with Crippen LogP contribution in [-0.2, 0) is 4.74 Å². The molecule has 5 heteroatoms. The Balaban J connectivity index is 1.91. The third-order valence-electron chi connectivity index (χ3n) is 4.32. The summed E-state index contributed by atoms with van der Waals surface area (Å²) < 4.78 is 4.81. The summed E-state index contributed by atoms with van der Waals surface area (Å²) in [5, 5.41) is 2.83. The van der Waals surface area contributed by atoms with Gasteiger partial charge in [0.25, 0.3) is 5.91 Å². The van der Waals surface area contributed by atoms with Crippen LogP contribution in [0.5, 0.6) is 0 Å². The highest BCUT2D eigenvalue weighted by Crippen LogP contribution is 2.24. The first kappa shape index (κ1) is 18.3. The van der Waals surface area contributed by atoms with Gasteiger partial charge in [-0.05, 0) is 37.6 Å². The van der Waals surface area contributed by atoms with Crippen LogP contribution in [0.3, 0.4) is 0 Å². The van der Waals surface area contributed by atoms with E-state index in [1.165, 1.54) is 7.11 Å². The van der Waals surface area contributed by atoms with Gasteiger partial charge >= 0.3 is 5.97 Å². The standard InChI is InChI=1S/C22H20N2O3/c1-14-8-7-11-18(22(26)27-3)20(14)24-21(25)17-12-13-19(23-15(17)2)16-9-5-4-6-10-16/h4-13H,1-3H3,(H,24,25). The molecular formula is C22H20N2O3. The van der Waals surface area contributed by atoms with Gasteiger partial charge in [0.15, 0.2) is 0 Å². The molecule has 0 spiro atoms. The van der Waals surface area contributed by atoms with Gasteiger partial charge in [-0.3, -0.25) is 9.78 Å². The molecule has 1 aromatic heterocycles. The average Bonchev–Trinajstić information content (AvgIpc) is 2.69. The first-order valence-electron chi connectivity index (χ1n) is 8.53. The monoisotopic (exact) mass is 360 g/mol. The van der Waals surface area contributed by atoms with Gasteiger partial charge < -0.3 is 10.1 Å². The second-order valence-corrected chi connectivity index (χ2v) is 6.14. The summed E-state index contributed by atoms with van der Waals surface area (Å²) in [6.07, 6.45) is 0. The van der Waals surface area contributed by atoms with Crippen molar-refractivity contribution in [1.82, 2.24) is 4.98 Å². The number of benzene rings is 2. The molecule has 1 amide bonds. The number of rotatable bonds is 4. The number of nitrogens with one attached hydrogen (secondary N) is 1. The van der Waals surface area contributed by atoms with E-state index in [1.54, 1.807) is 25.1 Å². The second-order valence-electron chi connectivity index (χ2n) is 6.14. The van der Waals surface area contributed by atoms with Crippen LogP contribution in [0.15, 0.2) is 60.7 Å². The van der Waals surface area contributed by atoms with Crippen LogP contribution in [0.1, 0.15) is 32.0 Å². The molecule has 1 N–H and O–H groups in total. The zero-order valence-electron chi connectivity index (χ0n) is 15.4. The molecule has 0 aliphatic rings. The van der Waals surface area contributed by atoms with Gasteiger partial charge in [-0.25, -0.2) is 4.79 Å². The zero-order valence-corrected chi connectivity index (χ0v) is 15.4. The van der Waals surface area contributed by atoms with Crippen molar-refractivity contribution in [2.24, 2.45) is 0 Å². The first-order chi connectivity index (χ1) is 13.0. The summed E-state index contributed by atoms with van der Waals surface area (Å²) in [5.41, 5.74) is 4.39. The van der Waals surface area contributed by atoms with E-state index in [9.17, 15) is 9.59 Å². The summed E-state index contributed by atoms with van der Waals surface area (Å²) >= 11 is 0. The molecule has 0 saturated carbocycles. The molecule has 2 aromatic carbocycles. The van der Waals surface area contributed by atoms with Crippen LogP contribution >= 0.6 is 0 Å². The van der Waals surface area contributed by atoms with Gasteiger partial charge in [0.05, 0.1) is 35.3 Å². The maximum absolute atomic E-state index is 12.8. The van der Waals surface area contributed by atoms with E-state index < -0.39 is 5.97 Å². The molecular weight excluding hydrogens is 340 g/mol. The summed E-state index contributed by atoms with van der Waals surface area (Å²) in [7, 11) is 1.31. The average molecular weight is 360 g/mol. The van der Waals surface area contributed by atoms with Crippen molar-refractivity contribution < 1.29 is 14.3 Å². The number of nitrogens with zero attached hydrogens (tertiary/aromatic N) is 1. The Hall–Kier alpha value is -3.47. The Morgan fingerprint density at radius 3 is 2.30 bits per heavy atom. The largest absolute Gasteiger partial charge is 0.465 e. The third-order valence-corrected chi connectivity index (χ3v) is 4.32. The molecule has 0 fully saturated rings. The summed E-state index contributed by atoms with van der Waals surface area (Å²) in [6.45, 7) is 3.62. The van der Waals surface area contributed by atoms with Crippen LogP contribution in [0.25, 0.3) is 11.3 Å². The molecule has 1 heterocycles. The molecule has 0 saturated heterocycles. The normalized spacial score (nSPS) is 10.3. The number of amides is 1. The van der Waals surface area contributed by atoms with E-state index in [2.05, 4.69) is 10.3 Å². The van der Waals surface area contributed by atoms with Gasteiger partial charge in [0.2, 0.25) is 0 Å². The number of aromatic nitrogens is 1. The number of esters is 1. The molecule has 0 aliphatic heterocycles. The summed E-state index contributed by atoms with van der Waals surface area (Å²) in [4.78, 5) is 29.3. The fourth-order valence-corrected chi connectivity index (χ4v) is 2.87. The number of hydrogen-bond donors (Lipinski definition) is 1. The number of ether oxygens (including phenoxy) is 1. The lowest BCUT2D eigenvalue weighted by atomic mass is 10.1. The second kappa shape index (κ2) is 7.83. The molecule has 0 bridgehead atoms. The first-order valence-corrected chi connectivity index (χ1v) is 8.53. The lowest BCUT2D eigenvalue weighted by Crippen LogP contribution is -2.18. The Labute approximate surface area is 158 Å². The fourth-order valence-electron chi connectivity index (χ4n) is 2.87. The van der Waals surface area contributed by atoms with E-state index in [-0.39, 0.29) is 5.91 Å². The molecule has 0 unspecified atom stereocenters. The van der Waals surface area contributed by atoms with Crippen LogP contribution in [0.4, 0.5) is 5.69 Å². The number of para-hydroxylation sites is 1. The fraction of sp³-hybridized carbons (Fsp3) is 0.136. The lowest BCUT2D eigenvalue weighted by Gasteiger charge is -2.14. The minimum atomic E-state index is -0.497. The number of anilines is 1. The molecule has 27 heavy (non-hydrogen) atoms. The Morgan fingerprint density at radius 2 is 1.63 bits per heavy atom. The van der Waals surface area contributed by atoms with E-state index in [0.717, 1.165) is 16.8 Å². The van der Waals surface area contributed by atoms with Gasteiger partial charge in [0, 0.05) is 5.56 Å². The molecule has 5 nitrogen and oxygen atoms in total. The Bertz CT molecular complexity index is 998. The topological polar surface area (TPSA) is 68.3 Å². The highest BCUT2D eigenvalue weighted by Gasteiger charge is 2.18. The molecule has 0 aliphatic carbocycles. The SMILES string of the molecule is COC(=O)c1cccc(C)c1NC(=O)c1ccc(-c2ccccc2)nc1C. The van der Waals surface area contributed by atoms with Crippen molar-refractivity contribution in [3.63, 3.8) is 0 Å². The number of methoxy groups -OCH3 is 1. The number of aryl methyl sites for hydroxylation is 2. The quantitative estimate of drug-likeness (QED) is 0.700. The number of carbonyl (C=O) groups excluding carboxylic acids is 2. The summed E-state index contributed by atoms with van der Waals surface area (Å²) in [5.74, 6) is -0.817. The zero-order chi connectivity index (χ0) is 19.4. The van der Waals surface area contributed by atoms with E-state index in [4.69, 9.17) is 4.74 Å². The maximum atomic E-state index is 12.8. The van der Waals surface area contributed by atoms with Crippen molar-refractivity contribution in [2.75, 3.05) is 12.4 Å². The van der Waals surface area contributed by atoms with E-state index >= 15 is 0 Å². The van der Waals surface area contributed by atoms with Gasteiger partial charge in [-0.15, -0.1) is 0 Å². The predicted octanol–water partition coefficient (Wildman–Crippen LogP) is 4.40. The van der Waals surface area contributed by atoms with Crippen molar-refractivity contribution in [1.29, 1.82) is 0 Å². The third kappa shape index (κ3) is 3.87. The van der Waals surface area contributed by atoms with Crippen molar-refractivity contribution >= 4 is 17.6 Å². The summed E-state index contributed by atoms with van der Waals surface area (Å²) in [6, 6.07) is 18.5. The smallest absolute Gasteiger partial charge is 0.339 e. The highest BCUT2D eigenvalue weighted by atomic mass is 16.5. The molecule has 136 valence electrons. The van der Waals surface area contributed by atoms with Gasteiger partial charge in [-0.1, -0.05) is 42.5 Å². The minimum absolute atomic E-state index is 0.317. The van der Waals surface area contributed by atoms with Crippen LogP contribution in [0, 0.1) is 13.8 Å². The molecule has 3 rings (SSSR count). The van der Waals surface area contributed by atoms with Crippen LogP contribution in [0.2, 0.25) is 0 Å². The highest BCUT2D eigenvalue weighted by molar-refractivity contribution is 6.09. The predicted molar refractivity (Wildman–Crippen MR) is 105 cm³/mol. The number of pyridine rings is 1. The van der Waals surface area contributed by atoms with Gasteiger partial charge in [0.1, 0.15) is 0 Å². The Morgan fingerprint density at radius 1 is 0.889 bits per heavy atom. The van der Waals surface area contributed by atoms with Gasteiger partial charge in [-0.2, -0.15) is 0 Å². The van der Waals surface area contributed by atoms with Crippen molar-refractivity contribution in [3.8, 4) is 11.3 Å². The van der Waals surface area contributed by atoms with E-state index in [0.29, 0.717) is 22.5 Å². The van der Waals surface area contributed by atoms with E-state index in [1.807, 2.05) is 49.4 Å². The van der Waals surface area contributed by atoms with Crippen molar-refractivity contribution in [3.05, 3.63) is 83.0 Å². The molecule has 0 atom stereocenters. The Kier molecular flexibility index (Phi) is 5.31. The molecule has 3 aromatic rings. The van der Waals surface area contributed by atoms with Crippen LogP contribution < -0.4 is 5.32 Å². The minimum Gasteiger partial charge on any atom is -0.465 e.